The number of ether oxygens (including phenoxy) is 3. The molecule has 3 atom stereocenters. The van der Waals surface area contributed by atoms with Gasteiger partial charge in [-0.25, -0.2) is 4.98 Å². The van der Waals surface area contributed by atoms with Crippen LogP contribution in [0, 0.1) is 0 Å². The van der Waals surface area contributed by atoms with E-state index in [1.807, 2.05) is 13.8 Å². The quantitative estimate of drug-likeness (QED) is 0.192. The van der Waals surface area contributed by atoms with Gasteiger partial charge < -0.3 is 19.9 Å². The SMILES string of the molecule is CCCCCCCCCCCCCCCCOC1C[C@@H](COC(C)C)O[C@H]1n1cnc2c(=O)[nH]c(N)nc21. The molecule has 9 heteroatoms. The summed E-state index contributed by atoms with van der Waals surface area (Å²) in [7, 11) is 0. The molecule has 1 saturated heterocycles. The van der Waals surface area contributed by atoms with E-state index < -0.39 is 6.23 Å². The minimum atomic E-state index is -0.430. The topological polar surface area (TPSA) is 117 Å². The van der Waals surface area contributed by atoms with Crippen LogP contribution >= 0.6 is 0 Å². The second kappa shape index (κ2) is 16.9. The van der Waals surface area contributed by atoms with Gasteiger partial charge in [-0.2, -0.15) is 4.98 Å². The van der Waals surface area contributed by atoms with E-state index in [1.54, 1.807) is 10.9 Å². The van der Waals surface area contributed by atoms with Gasteiger partial charge in [0.15, 0.2) is 17.4 Å². The minimum absolute atomic E-state index is 0.0572. The number of hydrogen-bond donors (Lipinski definition) is 2. The number of nitrogens with zero attached hydrogens (tertiary/aromatic N) is 3. The fourth-order valence-corrected chi connectivity index (χ4v) is 5.18. The lowest BCUT2D eigenvalue weighted by molar-refractivity contribution is -0.0813. The second-order valence-corrected chi connectivity index (χ2v) is 11.0. The number of H-pyrrole nitrogens is 1. The molecule has 0 bridgehead atoms. The molecule has 1 unspecified atom stereocenters. The van der Waals surface area contributed by atoms with Crippen LogP contribution in [0.2, 0.25) is 0 Å². The van der Waals surface area contributed by atoms with Crippen molar-refractivity contribution in [1.29, 1.82) is 0 Å². The number of unbranched alkanes of at least 4 members (excludes halogenated alkanes) is 13. The lowest BCUT2D eigenvalue weighted by atomic mass is 10.0. The number of aromatic amines is 1. The Morgan fingerprint density at radius 1 is 1.03 bits per heavy atom. The Labute approximate surface area is 228 Å². The van der Waals surface area contributed by atoms with Gasteiger partial charge in [-0.05, 0) is 20.3 Å². The van der Waals surface area contributed by atoms with Crippen molar-refractivity contribution in [2.45, 2.75) is 142 Å². The maximum atomic E-state index is 12.2. The molecule has 2 aromatic rings. The van der Waals surface area contributed by atoms with E-state index in [1.165, 1.54) is 83.5 Å². The van der Waals surface area contributed by atoms with Crippen molar-refractivity contribution in [1.82, 2.24) is 19.5 Å². The molecule has 0 saturated carbocycles. The molecule has 0 spiro atoms. The van der Waals surface area contributed by atoms with Crippen molar-refractivity contribution in [3.63, 3.8) is 0 Å². The fraction of sp³-hybridized carbons (Fsp3) is 0.828. The molecule has 3 rings (SSSR count). The summed E-state index contributed by atoms with van der Waals surface area (Å²) < 4.78 is 20.2. The van der Waals surface area contributed by atoms with E-state index in [0.29, 0.717) is 25.3 Å². The van der Waals surface area contributed by atoms with Crippen LogP contribution in [0.4, 0.5) is 5.95 Å². The molecule has 2 aromatic heterocycles. The molecular formula is C29H51N5O4. The van der Waals surface area contributed by atoms with Gasteiger partial charge in [-0.3, -0.25) is 14.3 Å². The molecule has 0 aromatic carbocycles. The Hall–Kier alpha value is -1.97. The lowest BCUT2D eigenvalue weighted by Crippen LogP contribution is -2.24. The molecule has 0 amide bonds. The highest BCUT2D eigenvalue weighted by atomic mass is 16.6. The van der Waals surface area contributed by atoms with E-state index >= 15 is 0 Å². The molecule has 0 radical (unpaired) electrons. The number of aromatic nitrogens is 4. The summed E-state index contributed by atoms with van der Waals surface area (Å²) in [5, 5.41) is 0. The van der Waals surface area contributed by atoms with Crippen molar-refractivity contribution >= 4 is 17.1 Å². The summed E-state index contributed by atoms with van der Waals surface area (Å²) in [6, 6.07) is 0. The number of imidazole rings is 1. The number of nitrogens with one attached hydrogen (secondary N) is 1. The van der Waals surface area contributed by atoms with Crippen molar-refractivity contribution in [3.8, 4) is 0 Å². The van der Waals surface area contributed by atoms with Crippen LogP contribution in [0.25, 0.3) is 11.2 Å². The molecule has 38 heavy (non-hydrogen) atoms. The maximum Gasteiger partial charge on any atom is 0.280 e. The Morgan fingerprint density at radius 3 is 2.24 bits per heavy atom. The van der Waals surface area contributed by atoms with Gasteiger partial charge in [0.2, 0.25) is 5.95 Å². The third kappa shape index (κ3) is 9.97. The number of anilines is 1. The maximum absolute atomic E-state index is 12.2. The van der Waals surface area contributed by atoms with E-state index in [-0.39, 0.29) is 35.3 Å². The molecule has 1 aliphatic heterocycles. The van der Waals surface area contributed by atoms with Gasteiger partial charge in [0.1, 0.15) is 6.10 Å². The zero-order valence-electron chi connectivity index (χ0n) is 24.0. The van der Waals surface area contributed by atoms with Gasteiger partial charge in [0.05, 0.1) is 25.1 Å². The molecule has 3 heterocycles. The standard InChI is InChI=1S/C29H51N5O4/c1-4-5-6-7-8-9-10-11-12-13-14-15-16-17-18-36-24-19-23(20-37-22(2)3)38-28(24)34-21-31-25-26(34)32-29(30)33-27(25)35/h21-24,28H,4-20H2,1-3H3,(H3,30,32,33,35)/t23-,24?,28+/m0/s1. The molecule has 3 N–H and O–H groups in total. The third-order valence-corrected chi connectivity index (χ3v) is 7.32. The smallest absolute Gasteiger partial charge is 0.280 e. The Bertz CT molecular complexity index is 976. The van der Waals surface area contributed by atoms with Crippen LogP contribution in [-0.4, -0.2) is 51.0 Å². The van der Waals surface area contributed by atoms with Crippen LogP contribution in [0.15, 0.2) is 11.1 Å². The van der Waals surface area contributed by atoms with Crippen molar-refractivity contribution in [3.05, 3.63) is 16.7 Å². The highest BCUT2D eigenvalue weighted by Crippen LogP contribution is 2.33. The summed E-state index contributed by atoms with van der Waals surface area (Å²) >= 11 is 0. The predicted molar refractivity (Wildman–Crippen MR) is 152 cm³/mol. The number of nitrogens with two attached hydrogens (primary N) is 1. The normalized spacial score (nSPS) is 19.7. The van der Waals surface area contributed by atoms with Crippen LogP contribution in [0.1, 0.15) is 123 Å². The van der Waals surface area contributed by atoms with E-state index in [4.69, 9.17) is 19.9 Å². The first kappa shape index (κ1) is 30.6. The van der Waals surface area contributed by atoms with E-state index in [2.05, 4.69) is 21.9 Å². The molecule has 1 aliphatic rings. The highest BCUT2D eigenvalue weighted by molar-refractivity contribution is 5.70. The molecule has 216 valence electrons. The van der Waals surface area contributed by atoms with Crippen LogP contribution in [0.5, 0.6) is 0 Å². The van der Waals surface area contributed by atoms with Gasteiger partial charge in [-0.15, -0.1) is 0 Å². The largest absolute Gasteiger partial charge is 0.376 e. The van der Waals surface area contributed by atoms with Crippen molar-refractivity contribution in [2.75, 3.05) is 18.9 Å². The van der Waals surface area contributed by atoms with Crippen LogP contribution in [-0.2, 0) is 14.2 Å². The lowest BCUT2D eigenvalue weighted by Gasteiger charge is -2.21. The van der Waals surface area contributed by atoms with Gasteiger partial charge in [-0.1, -0.05) is 90.4 Å². The number of hydrogen-bond acceptors (Lipinski definition) is 7. The number of fused-ring (bicyclic) bond motifs is 1. The number of rotatable bonds is 20. The van der Waals surface area contributed by atoms with Crippen LogP contribution < -0.4 is 11.3 Å². The molecule has 1 fully saturated rings. The first-order valence-corrected chi connectivity index (χ1v) is 15.1. The summed E-state index contributed by atoms with van der Waals surface area (Å²) in [6.45, 7) is 7.48. The molecule has 0 aliphatic carbocycles. The Kier molecular flexibility index (Phi) is 13.6. The van der Waals surface area contributed by atoms with Gasteiger partial charge in [0.25, 0.3) is 5.56 Å². The minimum Gasteiger partial charge on any atom is -0.376 e. The molecular weight excluding hydrogens is 482 g/mol. The van der Waals surface area contributed by atoms with Crippen molar-refractivity contribution in [2.24, 2.45) is 0 Å². The average molecular weight is 534 g/mol. The zero-order chi connectivity index (χ0) is 27.2. The first-order chi connectivity index (χ1) is 18.5. The zero-order valence-corrected chi connectivity index (χ0v) is 24.0. The second-order valence-electron chi connectivity index (χ2n) is 11.0. The predicted octanol–water partition coefficient (Wildman–Crippen LogP) is 6.28. The average Bonchev–Trinajstić information content (AvgIpc) is 3.49. The van der Waals surface area contributed by atoms with Gasteiger partial charge in [0, 0.05) is 13.0 Å². The van der Waals surface area contributed by atoms with Gasteiger partial charge >= 0.3 is 0 Å². The van der Waals surface area contributed by atoms with E-state index in [0.717, 1.165) is 6.42 Å². The first-order valence-electron chi connectivity index (χ1n) is 15.1. The summed E-state index contributed by atoms with van der Waals surface area (Å²) in [5.74, 6) is 0.0572. The Balaban J connectivity index is 1.37. The number of nitrogen functional groups attached to an aromatic ring is 1. The van der Waals surface area contributed by atoms with Crippen molar-refractivity contribution < 1.29 is 14.2 Å². The fourth-order valence-electron chi connectivity index (χ4n) is 5.18. The van der Waals surface area contributed by atoms with E-state index in [9.17, 15) is 4.79 Å². The van der Waals surface area contributed by atoms with Crippen LogP contribution in [0.3, 0.4) is 0 Å². The third-order valence-electron chi connectivity index (χ3n) is 7.32. The molecule has 9 nitrogen and oxygen atoms in total. The Morgan fingerprint density at radius 2 is 1.63 bits per heavy atom. The summed E-state index contributed by atoms with van der Waals surface area (Å²) in [4.78, 5) is 23.3. The summed E-state index contributed by atoms with van der Waals surface area (Å²) in [6.07, 6.45) is 20.4. The summed E-state index contributed by atoms with van der Waals surface area (Å²) in [5.41, 5.74) is 6.09. The monoisotopic (exact) mass is 533 g/mol. The highest BCUT2D eigenvalue weighted by Gasteiger charge is 2.38.